The van der Waals surface area contributed by atoms with E-state index < -0.39 is 0 Å². The minimum Gasteiger partial charge on any atom is -0.348 e. The molecule has 1 N–H and O–H groups in total. The highest BCUT2D eigenvalue weighted by molar-refractivity contribution is 5.93. The zero-order valence-corrected chi connectivity index (χ0v) is 11.0. The Morgan fingerprint density at radius 2 is 2.11 bits per heavy atom. The van der Waals surface area contributed by atoms with Gasteiger partial charge in [0, 0.05) is 13.1 Å². The van der Waals surface area contributed by atoms with Crippen molar-refractivity contribution in [2.75, 3.05) is 7.05 Å². The largest absolute Gasteiger partial charge is 0.348 e. The fourth-order valence-corrected chi connectivity index (χ4v) is 2.82. The molecule has 4 heteroatoms. The van der Waals surface area contributed by atoms with Crippen LogP contribution in [0.4, 0.5) is 0 Å². The van der Waals surface area contributed by atoms with Gasteiger partial charge in [-0.25, -0.2) is 0 Å². The van der Waals surface area contributed by atoms with E-state index in [0.29, 0.717) is 23.3 Å². The maximum atomic E-state index is 12.3. The van der Waals surface area contributed by atoms with Crippen LogP contribution in [0.2, 0.25) is 0 Å². The van der Waals surface area contributed by atoms with Crippen molar-refractivity contribution in [3.63, 3.8) is 0 Å². The van der Waals surface area contributed by atoms with Crippen molar-refractivity contribution in [1.82, 2.24) is 9.88 Å². The molecule has 1 aromatic heterocycles. The summed E-state index contributed by atoms with van der Waals surface area (Å²) < 4.78 is 0. The number of nitrogens with zero attached hydrogens (tertiary/aromatic N) is 1. The van der Waals surface area contributed by atoms with E-state index in [1.54, 1.807) is 12.1 Å². The molecule has 0 spiro atoms. The predicted molar refractivity (Wildman–Crippen MR) is 69.7 cm³/mol. The molecule has 1 aromatic rings. The van der Waals surface area contributed by atoms with Gasteiger partial charge in [0.2, 0.25) is 0 Å². The van der Waals surface area contributed by atoms with E-state index in [0.717, 1.165) is 12.7 Å². The molecule has 4 nitrogen and oxygen atoms in total. The molecule has 0 bridgehead atoms. The molecule has 1 aliphatic rings. The van der Waals surface area contributed by atoms with Gasteiger partial charge >= 0.3 is 0 Å². The summed E-state index contributed by atoms with van der Waals surface area (Å²) in [4.78, 5) is 27.6. The normalized spacial score (nSPS) is 23.7. The second kappa shape index (κ2) is 5.38. The summed E-state index contributed by atoms with van der Waals surface area (Å²) in [5.74, 6) is 0.523. The highest BCUT2D eigenvalue weighted by Gasteiger charge is 2.28. The zero-order chi connectivity index (χ0) is 13.1. The molecule has 1 amide bonds. The Morgan fingerprint density at radius 3 is 2.72 bits per heavy atom. The average Bonchev–Trinajstić information content (AvgIpc) is 2.86. The van der Waals surface area contributed by atoms with Crippen LogP contribution in [0.25, 0.3) is 0 Å². The van der Waals surface area contributed by atoms with Gasteiger partial charge in [-0.3, -0.25) is 9.59 Å². The van der Waals surface area contributed by atoms with Gasteiger partial charge in [0.25, 0.3) is 5.91 Å². The SMILES string of the molecule is C[C@H]1CCCC[C@H]1N(C)C(=O)c1ccc(C=O)[nH]1. The van der Waals surface area contributed by atoms with Gasteiger partial charge < -0.3 is 9.88 Å². The van der Waals surface area contributed by atoms with Crippen LogP contribution in [0.3, 0.4) is 0 Å². The van der Waals surface area contributed by atoms with Crippen LogP contribution in [0.15, 0.2) is 12.1 Å². The summed E-state index contributed by atoms with van der Waals surface area (Å²) in [6, 6.07) is 3.63. The third kappa shape index (κ3) is 2.47. The van der Waals surface area contributed by atoms with E-state index in [1.165, 1.54) is 19.3 Å². The molecule has 2 rings (SSSR count). The number of rotatable bonds is 3. The number of aromatic nitrogens is 1. The monoisotopic (exact) mass is 248 g/mol. The molecule has 0 aliphatic heterocycles. The lowest BCUT2D eigenvalue weighted by molar-refractivity contribution is 0.0624. The highest BCUT2D eigenvalue weighted by atomic mass is 16.2. The molecule has 0 aromatic carbocycles. The van der Waals surface area contributed by atoms with E-state index in [1.807, 2.05) is 11.9 Å². The standard InChI is InChI=1S/C14H20N2O2/c1-10-5-3-4-6-13(10)16(2)14(18)12-8-7-11(9-17)15-12/h7-10,13,15H,3-6H2,1-2H3/t10-,13+/m0/s1. The van der Waals surface area contributed by atoms with E-state index >= 15 is 0 Å². The van der Waals surface area contributed by atoms with E-state index in [9.17, 15) is 9.59 Å². The number of hydrogen-bond acceptors (Lipinski definition) is 2. The van der Waals surface area contributed by atoms with Crippen molar-refractivity contribution in [2.45, 2.75) is 38.6 Å². The molecule has 0 radical (unpaired) electrons. The third-order valence-corrected chi connectivity index (χ3v) is 3.95. The molecular weight excluding hydrogens is 228 g/mol. The molecule has 98 valence electrons. The van der Waals surface area contributed by atoms with Crippen LogP contribution in [0, 0.1) is 5.92 Å². The highest BCUT2D eigenvalue weighted by Crippen LogP contribution is 2.28. The van der Waals surface area contributed by atoms with Crippen LogP contribution in [-0.2, 0) is 0 Å². The zero-order valence-electron chi connectivity index (χ0n) is 11.0. The molecule has 1 fully saturated rings. The van der Waals surface area contributed by atoms with Crippen LogP contribution in [-0.4, -0.2) is 35.2 Å². The van der Waals surface area contributed by atoms with Gasteiger partial charge in [-0.15, -0.1) is 0 Å². The summed E-state index contributed by atoms with van der Waals surface area (Å²) in [5, 5.41) is 0. The van der Waals surface area contributed by atoms with Crippen molar-refractivity contribution in [1.29, 1.82) is 0 Å². The van der Waals surface area contributed by atoms with Gasteiger partial charge in [-0.05, 0) is 30.9 Å². The van der Waals surface area contributed by atoms with Crippen molar-refractivity contribution >= 4 is 12.2 Å². The van der Waals surface area contributed by atoms with Crippen LogP contribution in [0.5, 0.6) is 0 Å². The fourth-order valence-electron chi connectivity index (χ4n) is 2.82. The molecule has 0 saturated heterocycles. The van der Waals surface area contributed by atoms with Gasteiger partial charge in [-0.2, -0.15) is 0 Å². The van der Waals surface area contributed by atoms with Crippen LogP contribution >= 0.6 is 0 Å². The predicted octanol–water partition coefficient (Wildman–Crippen LogP) is 2.48. The maximum absolute atomic E-state index is 12.3. The Balaban J connectivity index is 2.09. The first-order valence-corrected chi connectivity index (χ1v) is 6.55. The third-order valence-electron chi connectivity index (χ3n) is 3.95. The summed E-state index contributed by atoms with van der Waals surface area (Å²) in [6.07, 6.45) is 5.44. The number of H-pyrrole nitrogens is 1. The molecule has 0 unspecified atom stereocenters. The molecule has 18 heavy (non-hydrogen) atoms. The van der Waals surface area contributed by atoms with Crippen molar-refractivity contribution in [3.05, 3.63) is 23.5 Å². The van der Waals surface area contributed by atoms with Gasteiger partial charge in [0.1, 0.15) is 5.69 Å². The Hall–Kier alpha value is -1.58. The Bertz CT molecular complexity index is 439. The van der Waals surface area contributed by atoms with E-state index in [-0.39, 0.29) is 5.91 Å². The van der Waals surface area contributed by atoms with Crippen LogP contribution in [0.1, 0.15) is 53.6 Å². The van der Waals surface area contributed by atoms with Crippen molar-refractivity contribution in [3.8, 4) is 0 Å². The quantitative estimate of drug-likeness (QED) is 0.835. The smallest absolute Gasteiger partial charge is 0.270 e. The lowest BCUT2D eigenvalue weighted by atomic mass is 9.85. The fraction of sp³-hybridized carbons (Fsp3) is 0.571. The number of carbonyl (C=O) groups is 2. The number of hydrogen-bond donors (Lipinski definition) is 1. The number of aromatic amines is 1. The lowest BCUT2D eigenvalue weighted by Crippen LogP contribution is -2.42. The maximum Gasteiger partial charge on any atom is 0.270 e. The molecule has 1 heterocycles. The topological polar surface area (TPSA) is 53.2 Å². The Morgan fingerprint density at radius 1 is 1.39 bits per heavy atom. The van der Waals surface area contributed by atoms with Crippen LogP contribution < -0.4 is 0 Å². The summed E-state index contributed by atoms with van der Waals surface area (Å²) >= 11 is 0. The molecule has 1 aliphatic carbocycles. The Labute approximate surface area is 107 Å². The number of nitrogens with one attached hydrogen (secondary N) is 1. The minimum absolute atomic E-state index is 0.0261. The Kier molecular flexibility index (Phi) is 3.84. The van der Waals surface area contributed by atoms with Gasteiger partial charge in [-0.1, -0.05) is 19.8 Å². The van der Waals surface area contributed by atoms with Gasteiger partial charge in [0.15, 0.2) is 6.29 Å². The van der Waals surface area contributed by atoms with Crippen molar-refractivity contribution in [2.24, 2.45) is 5.92 Å². The summed E-state index contributed by atoms with van der Waals surface area (Å²) in [5.41, 5.74) is 0.945. The second-order valence-electron chi connectivity index (χ2n) is 5.19. The number of carbonyl (C=O) groups excluding carboxylic acids is 2. The van der Waals surface area contributed by atoms with E-state index in [4.69, 9.17) is 0 Å². The van der Waals surface area contributed by atoms with Crippen molar-refractivity contribution < 1.29 is 9.59 Å². The lowest BCUT2D eigenvalue weighted by Gasteiger charge is -2.36. The second-order valence-corrected chi connectivity index (χ2v) is 5.19. The number of aldehydes is 1. The molecular formula is C14H20N2O2. The summed E-state index contributed by atoms with van der Waals surface area (Å²) in [6.45, 7) is 2.21. The average molecular weight is 248 g/mol. The van der Waals surface area contributed by atoms with Gasteiger partial charge in [0.05, 0.1) is 5.69 Å². The molecule has 1 saturated carbocycles. The number of amides is 1. The molecule has 2 atom stereocenters. The summed E-state index contributed by atoms with van der Waals surface area (Å²) in [7, 11) is 1.86. The minimum atomic E-state index is -0.0261. The first-order valence-electron chi connectivity index (χ1n) is 6.55. The first-order chi connectivity index (χ1) is 8.63. The first kappa shape index (κ1) is 12.9. The van der Waals surface area contributed by atoms with E-state index in [2.05, 4.69) is 11.9 Å².